The zero-order chi connectivity index (χ0) is 9.17. The predicted molar refractivity (Wildman–Crippen MR) is 46.3 cm³/mol. The van der Waals surface area contributed by atoms with E-state index in [1.807, 2.05) is 24.3 Å². The highest BCUT2D eigenvalue weighted by Gasteiger charge is 2.70. The topological polar surface area (TPSA) is 36.9 Å². The van der Waals surface area contributed by atoms with E-state index in [9.17, 15) is 0 Å². The molecule has 0 radical (unpaired) electrons. The number of fused-ring (bicyclic) bond motifs is 1. The Kier molecular flexibility index (Phi) is 1.11. The van der Waals surface area contributed by atoms with Crippen LogP contribution in [0.3, 0.4) is 0 Å². The van der Waals surface area contributed by atoms with E-state index in [1.165, 1.54) is 0 Å². The van der Waals surface area contributed by atoms with Crippen molar-refractivity contribution in [2.24, 2.45) is 0 Å². The molecule has 2 bridgehead atoms. The van der Waals surface area contributed by atoms with Gasteiger partial charge in [0.25, 0.3) is 0 Å². The van der Waals surface area contributed by atoms with Crippen molar-refractivity contribution in [1.82, 2.24) is 0 Å². The van der Waals surface area contributed by atoms with Crippen LogP contribution in [0.1, 0.15) is 5.56 Å². The summed E-state index contributed by atoms with van der Waals surface area (Å²) < 4.78 is 21.7. The summed E-state index contributed by atoms with van der Waals surface area (Å²) in [6.45, 7) is 0. The van der Waals surface area contributed by atoms with Crippen LogP contribution in [0.15, 0.2) is 24.3 Å². The molecule has 0 N–H and O–H groups in total. The van der Waals surface area contributed by atoms with Crippen molar-refractivity contribution in [3.8, 4) is 5.75 Å². The van der Waals surface area contributed by atoms with Gasteiger partial charge in [-0.25, -0.2) is 0 Å². The number of rotatable bonds is 0. The van der Waals surface area contributed by atoms with Crippen LogP contribution in [-0.2, 0) is 20.4 Å². The zero-order valence-corrected chi connectivity index (χ0v) is 7.30. The van der Waals surface area contributed by atoms with Gasteiger partial charge in [0.15, 0.2) is 0 Å². The molecule has 5 heteroatoms. The molecule has 14 heavy (non-hydrogen) atoms. The molecule has 1 aromatic carbocycles. The molecule has 4 nitrogen and oxygen atoms in total. The maximum Gasteiger partial charge on any atom is 0.649 e. The number of benzene rings is 1. The van der Waals surface area contributed by atoms with Crippen LogP contribution < -0.4 is 4.74 Å². The molecule has 4 aliphatic rings. The summed E-state index contributed by atoms with van der Waals surface area (Å²) in [6.07, 6.45) is 0.662. The van der Waals surface area contributed by atoms with E-state index in [4.69, 9.17) is 18.7 Å². The zero-order valence-electron chi connectivity index (χ0n) is 7.30. The molecule has 1 atom stereocenters. The van der Waals surface area contributed by atoms with Crippen molar-refractivity contribution < 1.29 is 18.7 Å². The van der Waals surface area contributed by atoms with E-state index < -0.39 is 13.3 Å². The van der Waals surface area contributed by atoms with E-state index in [0.717, 1.165) is 17.7 Å². The molecule has 0 aromatic heterocycles. The minimum Gasteiger partial charge on any atom is -0.438 e. The fourth-order valence-electron chi connectivity index (χ4n) is 2.11. The first-order valence-electron chi connectivity index (χ1n) is 4.64. The molecule has 5 rings (SSSR count). The van der Waals surface area contributed by atoms with Crippen LogP contribution in [0.5, 0.6) is 5.75 Å². The normalized spacial score (nSPS) is 36.9. The first kappa shape index (κ1) is 7.28. The fraction of sp³-hybridized carbons (Fsp3) is 0.333. The van der Waals surface area contributed by atoms with Gasteiger partial charge in [-0.3, -0.25) is 0 Å². The van der Waals surface area contributed by atoms with Crippen molar-refractivity contribution in [3.63, 3.8) is 0 Å². The van der Waals surface area contributed by atoms with Crippen molar-refractivity contribution in [2.75, 3.05) is 0 Å². The summed E-state index contributed by atoms with van der Waals surface area (Å²) in [5.41, 5.74) is 1.14. The quantitative estimate of drug-likeness (QED) is 0.564. The number of ether oxygens (including phenoxy) is 1. The van der Waals surface area contributed by atoms with Crippen LogP contribution >= 0.6 is 0 Å². The summed E-state index contributed by atoms with van der Waals surface area (Å²) in [5.74, 6) is -0.119. The Morgan fingerprint density at radius 3 is 3.07 bits per heavy atom. The molecule has 1 unspecified atom stereocenters. The smallest absolute Gasteiger partial charge is 0.438 e. The largest absolute Gasteiger partial charge is 0.649 e. The molecule has 0 aliphatic carbocycles. The summed E-state index contributed by atoms with van der Waals surface area (Å²) in [7, 11) is -0.519. The van der Waals surface area contributed by atoms with E-state index in [1.54, 1.807) is 0 Å². The van der Waals surface area contributed by atoms with Gasteiger partial charge in [0, 0.05) is 6.42 Å². The lowest BCUT2D eigenvalue weighted by Crippen LogP contribution is -2.58. The summed E-state index contributed by atoms with van der Waals surface area (Å²) in [5, 5.41) is 0. The van der Waals surface area contributed by atoms with Gasteiger partial charge >= 0.3 is 13.3 Å². The third kappa shape index (κ3) is 0.717. The lowest BCUT2D eigenvalue weighted by atomic mass is 10.0. The van der Waals surface area contributed by atoms with Gasteiger partial charge in [-0.05, 0) is 11.6 Å². The molecule has 0 saturated carbocycles. The molecule has 0 amide bonds. The van der Waals surface area contributed by atoms with Gasteiger partial charge in [-0.1, -0.05) is 18.2 Å². The van der Waals surface area contributed by atoms with Crippen LogP contribution in [-0.4, -0.2) is 19.4 Å². The average Bonchev–Trinajstić information content (AvgIpc) is 2.66. The second-order valence-electron chi connectivity index (χ2n) is 3.67. The van der Waals surface area contributed by atoms with Gasteiger partial charge in [-0.15, -0.1) is 0 Å². The van der Waals surface area contributed by atoms with E-state index >= 15 is 0 Å². The number of hydrogen-bond donors (Lipinski definition) is 0. The SMILES string of the molecule is c1ccc2c(c1)CC1OB3OC1(O3)O2. The Labute approximate surface area is 80.9 Å². The Morgan fingerprint density at radius 2 is 2.14 bits per heavy atom. The van der Waals surface area contributed by atoms with E-state index in [2.05, 4.69) is 0 Å². The van der Waals surface area contributed by atoms with Crippen LogP contribution in [0.4, 0.5) is 0 Å². The van der Waals surface area contributed by atoms with Crippen molar-refractivity contribution in [3.05, 3.63) is 29.8 Å². The summed E-state index contributed by atoms with van der Waals surface area (Å²) >= 11 is 0. The van der Waals surface area contributed by atoms with E-state index in [0.29, 0.717) is 0 Å². The average molecular weight is 190 g/mol. The first-order chi connectivity index (χ1) is 6.86. The van der Waals surface area contributed by atoms with Crippen molar-refractivity contribution in [2.45, 2.75) is 18.5 Å². The molecule has 70 valence electrons. The van der Waals surface area contributed by atoms with Crippen molar-refractivity contribution >= 4 is 7.32 Å². The lowest BCUT2D eigenvalue weighted by Gasteiger charge is -2.39. The molecule has 4 aliphatic heterocycles. The third-order valence-corrected chi connectivity index (χ3v) is 2.82. The van der Waals surface area contributed by atoms with E-state index in [-0.39, 0.29) is 6.10 Å². The Balaban J connectivity index is 1.82. The Morgan fingerprint density at radius 1 is 1.29 bits per heavy atom. The summed E-state index contributed by atoms with van der Waals surface area (Å²) in [4.78, 5) is 0. The third-order valence-electron chi connectivity index (χ3n) is 2.82. The monoisotopic (exact) mass is 190 g/mol. The van der Waals surface area contributed by atoms with Crippen LogP contribution in [0, 0.1) is 0 Å². The minimum absolute atomic E-state index is 0.123. The van der Waals surface area contributed by atoms with Crippen LogP contribution in [0.2, 0.25) is 0 Å². The number of para-hydroxylation sites is 1. The van der Waals surface area contributed by atoms with Gasteiger partial charge < -0.3 is 18.7 Å². The highest BCUT2D eigenvalue weighted by Crippen LogP contribution is 2.47. The number of hydrogen-bond acceptors (Lipinski definition) is 4. The molecule has 3 saturated heterocycles. The predicted octanol–water partition coefficient (Wildman–Crippen LogP) is 0.706. The van der Waals surface area contributed by atoms with Gasteiger partial charge in [0.2, 0.25) is 0 Å². The second-order valence-corrected chi connectivity index (χ2v) is 3.67. The second kappa shape index (κ2) is 2.13. The molecule has 1 aromatic rings. The van der Waals surface area contributed by atoms with Crippen LogP contribution in [0.25, 0.3) is 0 Å². The maximum absolute atomic E-state index is 5.64. The minimum atomic E-state index is -0.945. The molecule has 3 fully saturated rings. The van der Waals surface area contributed by atoms with Gasteiger partial charge in [0.1, 0.15) is 11.9 Å². The highest BCUT2D eigenvalue weighted by molar-refractivity contribution is 6.40. The molecular weight excluding hydrogens is 183 g/mol. The standard InChI is InChI=1S/C9H7BO4/c1-2-4-7-6(3-1)5-8-9(11-7)13-10(12-8)14-9/h1-4,8H,5H2. The molecule has 1 spiro atoms. The first-order valence-corrected chi connectivity index (χ1v) is 4.64. The Bertz CT molecular complexity index is 399. The fourth-order valence-corrected chi connectivity index (χ4v) is 2.11. The Hall–Kier alpha value is -1.04. The van der Waals surface area contributed by atoms with Gasteiger partial charge in [0.05, 0.1) is 0 Å². The molecule has 4 heterocycles. The van der Waals surface area contributed by atoms with Crippen molar-refractivity contribution in [1.29, 1.82) is 0 Å². The lowest BCUT2D eigenvalue weighted by molar-refractivity contribution is -0.322. The highest BCUT2D eigenvalue weighted by atomic mass is 17.0. The molecular formula is C9H7BO4. The maximum atomic E-state index is 5.64. The summed E-state index contributed by atoms with van der Waals surface area (Å²) in [6, 6.07) is 7.86. The van der Waals surface area contributed by atoms with Gasteiger partial charge in [-0.2, -0.15) is 0 Å².